The molecule has 1 saturated carbocycles. The lowest BCUT2D eigenvalue weighted by Gasteiger charge is -2.40. The van der Waals surface area contributed by atoms with Gasteiger partial charge in [0.15, 0.2) is 0 Å². The summed E-state index contributed by atoms with van der Waals surface area (Å²) in [6.45, 7) is 11.0. The zero-order chi connectivity index (χ0) is 12.9. The fourth-order valence-electron chi connectivity index (χ4n) is 2.79. The lowest BCUT2D eigenvalue weighted by Crippen LogP contribution is -2.33. The summed E-state index contributed by atoms with van der Waals surface area (Å²) in [5, 5.41) is 0.374. The molecular weight excluding hydrogens is 232 g/mol. The van der Waals surface area contributed by atoms with Gasteiger partial charge in [-0.3, -0.25) is 0 Å². The second-order valence-corrected chi connectivity index (χ2v) is 7.11. The van der Waals surface area contributed by atoms with Gasteiger partial charge in [0, 0.05) is 18.6 Å². The van der Waals surface area contributed by atoms with E-state index in [1.165, 1.54) is 19.3 Å². The van der Waals surface area contributed by atoms with E-state index < -0.39 is 0 Å². The minimum absolute atomic E-state index is 0.374. The van der Waals surface area contributed by atoms with Gasteiger partial charge < -0.3 is 4.74 Å². The maximum absolute atomic E-state index is 6.46. The molecule has 0 radical (unpaired) electrons. The molecule has 0 heterocycles. The van der Waals surface area contributed by atoms with Crippen LogP contribution in [-0.2, 0) is 4.74 Å². The molecule has 0 spiro atoms. The average molecular weight is 261 g/mol. The molecule has 0 aromatic heterocycles. The van der Waals surface area contributed by atoms with Gasteiger partial charge in [0.2, 0.25) is 0 Å². The van der Waals surface area contributed by atoms with Gasteiger partial charge in [0.25, 0.3) is 0 Å². The van der Waals surface area contributed by atoms with E-state index in [4.69, 9.17) is 16.3 Å². The molecule has 0 amide bonds. The van der Waals surface area contributed by atoms with Gasteiger partial charge in [-0.05, 0) is 49.4 Å². The van der Waals surface area contributed by atoms with Crippen LogP contribution in [0.1, 0.15) is 59.8 Å². The minimum Gasteiger partial charge on any atom is -0.381 e. The quantitative estimate of drug-likeness (QED) is 0.506. The summed E-state index contributed by atoms with van der Waals surface area (Å²) < 4.78 is 5.60. The maximum atomic E-state index is 6.46. The Morgan fingerprint density at radius 3 is 2.47 bits per heavy atom. The molecule has 102 valence electrons. The van der Waals surface area contributed by atoms with E-state index in [1.807, 2.05) is 0 Å². The minimum atomic E-state index is 0.374. The molecule has 0 aliphatic heterocycles. The van der Waals surface area contributed by atoms with Gasteiger partial charge >= 0.3 is 0 Å². The van der Waals surface area contributed by atoms with Crippen LogP contribution in [0.5, 0.6) is 0 Å². The maximum Gasteiger partial charge on any atom is 0.0469 e. The lowest BCUT2D eigenvalue weighted by atomic mass is 9.68. The van der Waals surface area contributed by atoms with Crippen molar-refractivity contribution in [2.24, 2.45) is 17.3 Å². The summed E-state index contributed by atoms with van der Waals surface area (Å²) in [6, 6.07) is 0. The highest BCUT2D eigenvalue weighted by atomic mass is 35.5. The predicted molar refractivity (Wildman–Crippen MR) is 75.7 cm³/mol. The van der Waals surface area contributed by atoms with Gasteiger partial charge in [0.1, 0.15) is 0 Å². The number of halogens is 1. The third-order valence-electron chi connectivity index (χ3n) is 4.10. The van der Waals surface area contributed by atoms with E-state index in [-0.39, 0.29) is 0 Å². The molecule has 0 N–H and O–H groups in total. The summed E-state index contributed by atoms with van der Waals surface area (Å²) in [6.07, 6.45) is 6.01. The SMILES string of the molecule is CCCOCCC1CC(C(C)(C)C)CCC1Cl. The topological polar surface area (TPSA) is 9.23 Å². The van der Waals surface area contributed by atoms with E-state index >= 15 is 0 Å². The second-order valence-electron chi connectivity index (χ2n) is 6.55. The summed E-state index contributed by atoms with van der Waals surface area (Å²) in [7, 11) is 0. The summed E-state index contributed by atoms with van der Waals surface area (Å²) >= 11 is 6.46. The Morgan fingerprint density at radius 2 is 1.88 bits per heavy atom. The highest BCUT2D eigenvalue weighted by Crippen LogP contribution is 2.42. The van der Waals surface area contributed by atoms with Crippen molar-refractivity contribution >= 4 is 11.6 Å². The molecular formula is C15H29ClO. The Labute approximate surface area is 112 Å². The van der Waals surface area contributed by atoms with Crippen LogP contribution in [0.4, 0.5) is 0 Å². The van der Waals surface area contributed by atoms with Crippen molar-refractivity contribution in [1.82, 2.24) is 0 Å². The first-order chi connectivity index (χ1) is 7.95. The van der Waals surface area contributed by atoms with E-state index in [0.29, 0.717) is 16.7 Å². The van der Waals surface area contributed by atoms with Crippen LogP contribution in [0.3, 0.4) is 0 Å². The predicted octanol–water partition coefficient (Wildman–Crippen LogP) is 4.87. The van der Waals surface area contributed by atoms with E-state index in [0.717, 1.165) is 32.0 Å². The van der Waals surface area contributed by atoms with Crippen LogP contribution in [0.25, 0.3) is 0 Å². The number of hydrogen-bond donors (Lipinski definition) is 0. The first-order valence-corrected chi connectivity index (χ1v) is 7.60. The van der Waals surface area contributed by atoms with Gasteiger partial charge in [-0.15, -0.1) is 11.6 Å². The third kappa shape index (κ3) is 5.18. The van der Waals surface area contributed by atoms with E-state index in [1.54, 1.807) is 0 Å². The number of hydrogen-bond acceptors (Lipinski definition) is 1. The van der Waals surface area contributed by atoms with Crippen LogP contribution in [-0.4, -0.2) is 18.6 Å². The third-order valence-corrected chi connectivity index (χ3v) is 4.67. The van der Waals surface area contributed by atoms with Gasteiger partial charge in [0.05, 0.1) is 0 Å². The smallest absolute Gasteiger partial charge is 0.0469 e. The molecule has 1 fully saturated rings. The molecule has 2 heteroatoms. The molecule has 1 aliphatic rings. The Morgan fingerprint density at radius 1 is 1.18 bits per heavy atom. The molecule has 3 atom stereocenters. The molecule has 1 rings (SSSR count). The van der Waals surface area contributed by atoms with Crippen molar-refractivity contribution in [2.45, 2.75) is 65.2 Å². The van der Waals surface area contributed by atoms with Crippen molar-refractivity contribution in [2.75, 3.05) is 13.2 Å². The van der Waals surface area contributed by atoms with E-state index in [2.05, 4.69) is 27.7 Å². The number of rotatable bonds is 5. The standard InChI is InChI=1S/C15H29ClO/c1-5-9-17-10-8-12-11-13(15(2,3)4)6-7-14(12)16/h12-14H,5-11H2,1-4H3. The molecule has 1 nitrogen and oxygen atoms in total. The highest BCUT2D eigenvalue weighted by Gasteiger charge is 2.34. The van der Waals surface area contributed by atoms with Gasteiger partial charge in [-0.2, -0.15) is 0 Å². The van der Waals surface area contributed by atoms with Crippen molar-refractivity contribution in [3.63, 3.8) is 0 Å². The number of alkyl halides is 1. The molecule has 3 unspecified atom stereocenters. The Balaban J connectivity index is 2.36. The monoisotopic (exact) mass is 260 g/mol. The zero-order valence-electron chi connectivity index (χ0n) is 12.0. The van der Waals surface area contributed by atoms with Crippen molar-refractivity contribution in [3.05, 3.63) is 0 Å². The van der Waals surface area contributed by atoms with Crippen molar-refractivity contribution < 1.29 is 4.74 Å². The normalized spacial score (nSPS) is 30.5. The first kappa shape index (κ1) is 15.3. The Bertz CT molecular complexity index is 209. The summed E-state index contributed by atoms with van der Waals surface area (Å²) in [5.74, 6) is 1.49. The molecule has 17 heavy (non-hydrogen) atoms. The van der Waals surface area contributed by atoms with Crippen molar-refractivity contribution in [3.8, 4) is 0 Å². The van der Waals surface area contributed by atoms with E-state index in [9.17, 15) is 0 Å². The van der Waals surface area contributed by atoms with Gasteiger partial charge in [-0.25, -0.2) is 0 Å². The molecule has 0 saturated heterocycles. The Kier molecular flexibility index (Phi) is 6.30. The molecule has 0 bridgehead atoms. The fraction of sp³-hybridized carbons (Fsp3) is 1.00. The number of ether oxygens (including phenoxy) is 1. The first-order valence-electron chi connectivity index (χ1n) is 7.17. The van der Waals surface area contributed by atoms with Gasteiger partial charge in [-0.1, -0.05) is 27.7 Å². The van der Waals surface area contributed by atoms with Crippen LogP contribution in [0, 0.1) is 17.3 Å². The van der Waals surface area contributed by atoms with Crippen LogP contribution in [0.15, 0.2) is 0 Å². The van der Waals surface area contributed by atoms with Crippen LogP contribution < -0.4 is 0 Å². The highest BCUT2D eigenvalue weighted by molar-refractivity contribution is 6.20. The zero-order valence-corrected chi connectivity index (χ0v) is 12.7. The Hall–Kier alpha value is 0.250. The summed E-state index contributed by atoms with van der Waals surface area (Å²) in [5.41, 5.74) is 0.430. The summed E-state index contributed by atoms with van der Waals surface area (Å²) in [4.78, 5) is 0. The van der Waals surface area contributed by atoms with Crippen LogP contribution >= 0.6 is 11.6 Å². The molecule has 0 aromatic rings. The average Bonchev–Trinajstić information content (AvgIpc) is 2.25. The molecule has 0 aromatic carbocycles. The van der Waals surface area contributed by atoms with Crippen molar-refractivity contribution in [1.29, 1.82) is 0 Å². The van der Waals surface area contributed by atoms with Crippen LogP contribution in [0.2, 0.25) is 0 Å². The lowest BCUT2D eigenvalue weighted by molar-refractivity contribution is 0.0909. The second kappa shape index (κ2) is 6.99. The molecule has 1 aliphatic carbocycles. The fourth-order valence-corrected chi connectivity index (χ4v) is 3.15. The largest absolute Gasteiger partial charge is 0.381 e.